The molecule has 4 rings (SSSR count). The van der Waals surface area contributed by atoms with Crippen LogP contribution in [0.4, 0.5) is 0 Å². The van der Waals surface area contributed by atoms with Crippen LogP contribution in [0.1, 0.15) is 93.4 Å². The lowest BCUT2D eigenvalue weighted by Crippen LogP contribution is -2.31. The lowest BCUT2D eigenvalue weighted by molar-refractivity contribution is 0.372. The molecule has 0 heterocycles. The van der Waals surface area contributed by atoms with Crippen molar-refractivity contribution in [3.05, 3.63) is 46.5 Å². The van der Waals surface area contributed by atoms with Crippen molar-refractivity contribution in [1.29, 1.82) is 0 Å². The van der Waals surface area contributed by atoms with Gasteiger partial charge < -0.3 is 10.6 Å². The number of benzene rings is 2. The predicted octanol–water partition coefficient (Wildman–Crippen LogP) is 6.56. The standard InChI is InChI=1S/C27H40N2/c1-3-21-14-16-25-20(2)22(18-28-23-10-6-4-7-11-23)15-17-26(25)27(21)19-29-24-12-8-5-9-13-24/h14-17,23-24,28-29H,3-13,18-19H2,1-2H3. The molecule has 0 spiro atoms. The van der Waals surface area contributed by atoms with Gasteiger partial charge in [0, 0.05) is 25.2 Å². The molecule has 2 heteroatoms. The quantitative estimate of drug-likeness (QED) is 0.558. The van der Waals surface area contributed by atoms with Crippen LogP contribution in [0.25, 0.3) is 10.8 Å². The van der Waals surface area contributed by atoms with Gasteiger partial charge in [0.15, 0.2) is 0 Å². The lowest BCUT2D eigenvalue weighted by atomic mass is 9.91. The van der Waals surface area contributed by atoms with Crippen LogP contribution < -0.4 is 10.6 Å². The third-order valence-corrected chi connectivity index (χ3v) is 7.53. The summed E-state index contributed by atoms with van der Waals surface area (Å²) >= 11 is 0. The molecule has 2 fully saturated rings. The zero-order chi connectivity index (χ0) is 20.1. The first-order valence-electron chi connectivity index (χ1n) is 12.3. The summed E-state index contributed by atoms with van der Waals surface area (Å²) in [6, 6.07) is 11.0. The molecule has 2 nitrogen and oxygen atoms in total. The zero-order valence-corrected chi connectivity index (χ0v) is 18.7. The number of nitrogens with one attached hydrogen (secondary N) is 2. The minimum atomic E-state index is 0.712. The maximum absolute atomic E-state index is 3.89. The number of rotatable bonds is 7. The third kappa shape index (κ3) is 5.03. The van der Waals surface area contributed by atoms with E-state index in [0.717, 1.165) is 25.6 Å². The fraction of sp³-hybridized carbons (Fsp3) is 0.630. The Balaban J connectivity index is 1.53. The first kappa shape index (κ1) is 20.9. The van der Waals surface area contributed by atoms with Crippen LogP contribution >= 0.6 is 0 Å². The number of aryl methyl sites for hydroxylation is 2. The monoisotopic (exact) mass is 392 g/mol. The fourth-order valence-corrected chi connectivity index (χ4v) is 5.55. The minimum Gasteiger partial charge on any atom is -0.310 e. The molecule has 0 aliphatic heterocycles. The van der Waals surface area contributed by atoms with Crippen LogP contribution in [-0.4, -0.2) is 12.1 Å². The van der Waals surface area contributed by atoms with Gasteiger partial charge in [-0.3, -0.25) is 0 Å². The average Bonchev–Trinajstić information content (AvgIpc) is 2.78. The molecule has 0 saturated heterocycles. The van der Waals surface area contributed by atoms with Gasteiger partial charge in [0.2, 0.25) is 0 Å². The molecule has 2 aliphatic carbocycles. The Kier molecular flexibility index (Phi) is 7.26. The van der Waals surface area contributed by atoms with E-state index in [9.17, 15) is 0 Å². The first-order chi connectivity index (χ1) is 14.3. The second-order valence-corrected chi connectivity index (χ2v) is 9.43. The van der Waals surface area contributed by atoms with Crippen molar-refractivity contribution in [2.24, 2.45) is 0 Å². The van der Waals surface area contributed by atoms with Gasteiger partial charge in [0.1, 0.15) is 0 Å². The number of hydrogen-bond acceptors (Lipinski definition) is 2. The lowest BCUT2D eigenvalue weighted by Gasteiger charge is -2.25. The van der Waals surface area contributed by atoms with Gasteiger partial charge >= 0.3 is 0 Å². The van der Waals surface area contributed by atoms with Gasteiger partial charge in [-0.2, -0.15) is 0 Å². The van der Waals surface area contributed by atoms with Crippen molar-refractivity contribution in [3.8, 4) is 0 Å². The molecule has 2 aromatic rings. The maximum Gasteiger partial charge on any atom is 0.0216 e. The summed E-state index contributed by atoms with van der Waals surface area (Å²) in [5, 5.41) is 10.6. The molecule has 2 aromatic carbocycles. The van der Waals surface area contributed by atoms with E-state index in [1.807, 2.05) is 0 Å². The summed E-state index contributed by atoms with van der Waals surface area (Å²) in [5.74, 6) is 0. The summed E-state index contributed by atoms with van der Waals surface area (Å²) in [5.41, 5.74) is 5.98. The highest BCUT2D eigenvalue weighted by molar-refractivity contribution is 5.90. The van der Waals surface area contributed by atoms with Crippen LogP contribution in [0.3, 0.4) is 0 Å². The highest BCUT2D eigenvalue weighted by Gasteiger charge is 2.16. The van der Waals surface area contributed by atoms with Crippen molar-refractivity contribution in [1.82, 2.24) is 10.6 Å². The molecule has 29 heavy (non-hydrogen) atoms. The van der Waals surface area contributed by atoms with Crippen LogP contribution in [0.2, 0.25) is 0 Å². The molecule has 0 radical (unpaired) electrons. The fourth-order valence-electron chi connectivity index (χ4n) is 5.55. The van der Waals surface area contributed by atoms with Gasteiger partial charge in [0.25, 0.3) is 0 Å². The molecule has 0 unspecified atom stereocenters. The number of fused-ring (bicyclic) bond motifs is 1. The topological polar surface area (TPSA) is 24.1 Å². The summed E-state index contributed by atoms with van der Waals surface area (Å²) in [7, 11) is 0. The van der Waals surface area contributed by atoms with E-state index < -0.39 is 0 Å². The molecule has 158 valence electrons. The SMILES string of the molecule is CCc1ccc2c(C)c(CNC3CCCCC3)ccc2c1CNC1CCCCC1. The molecular formula is C27H40N2. The summed E-state index contributed by atoms with van der Waals surface area (Å²) in [6.07, 6.45) is 14.9. The van der Waals surface area contributed by atoms with Crippen LogP contribution in [0, 0.1) is 6.92 Å². The van der Waals surface area contributed by atoms with E-state index in [-0.39, 0.29) is 0 Å². The Bertz CT molecular complexity index is 798. The molecule has 2 saturated carbocycles. The zero-order valence-electron chi connectivity index (χ0n) is 18.7. The van der Waals surface area contributed by atoms with Gasteiger partial charge in [-0.1, -0.05) is 69.7 Å². The smallest absolute Gasteiger partial charge is 0.0216 e. The summed E-state index contributed by atoms with van der Waals surface area (Å²) in [6.45, 7) is 6.65. The van der Waals surface area contributed by atoms with E-state index in [4.69, 9.17) is 0 Å². The van der Waals surface area contributed by atoms with Gasteiger partial charge in [-0.15, -0.1) is 0 Å². The van der Waals surface area contributed by atoms with Crippen molar-refractivity contribution in [2.75, 3.05) is 0 Å². The third-order valence-electron chi connectivity index (χ3n) is 7.53. The molecule has 0 amide bonds. The summed E-state index contributed by atoms with van der Waals surface area (Å²) in [4.78, 5) is 0. The molecule has 0 atom stereocenters. The van der Waals surface area contributed by atoms with Crippen molar-refractivity contribution in [3.63, 3.8) is 0 Å². The highest BCUT2D eigenvalue weighted by Crippen LogP contribution is 2.29. The maximum atomic E-state index is 3.89. The Hall–Kier alpha value is -1.38. The van der Waals surface area contributed by atoms with Crippen molar-refractivity contribution in [2.45, 2.75) is 110 Å². The minimum absolute atomic E-state index is 0.712. The van der Waals surface area contributed by atoms with Crippen LogP contribution in [-0.2, 0) is 19.5 Å². The molecule has 0 bridgehead atoms. The largest absolute Gasteiger partial charge is 0.310 e. The second kappa shape index (κ2) is 10.1. The van der Waals surface area contributed by atoms with E-state index >= 15 is 0 Å². The van der Waals surface area contributed by atoms with E-state index in [2.05, 4.69) is 48.7 Å². The average molecular weight is 393 g/mol. The number of hydrogen-bond donors (Lipinski definition) is 2. The Morgan fingerprint density at radius 2 is 1.24 bits per heavy atom. The van der Waals surface area contributed by atoms with E-state index in [1.165, 1.54) is 97.2 Å². The Morgan fingerprint density at radius 1 is 0.690 bits per heavy atom. The highest BCUT2D eigenvalue weighted by atomic mass is 14.9. The van der Waals surface area contributed by atoms with Crippen molar-refractivity contribution < 1.29 is 0 Å². The van der Waals surface area contributed by atoms with Crippen LogP contribution in [0.5, 0.6) is 0 Å². The van der Waals surface area contributed by atoms with Gasteiger partial charge in [0.05, 0.1) is 0 Å². The van der Waals surface area contributed by atoms with Crippen molar-refractivity contribution >= 4 is 10.8 Å². The van der Waals surface area contributed by atoms with Gasteiger partial charge in [-0.05, 0) is 72.1 Å². The van der Waals surface area contributed by atoms with E-state index in [1.54, 1.807) is 0 Å². The second-order valence-electron chi connectivity index (χ2n) is 9.43. The van der Waals surface area contributed by atoms with Gasteiger partial charge in [-0.25, -0.2) is 0 Å². The predicted molar refractivity (Wildman–Crippen MR) is 125 cm³/mol. The molecule has 0 aromatic heterocycles. The van der Waals surface area contributed by atoms with Crippen LogP contribution in [0.15, 0.2) is 24.3 Å². The summed E-state index contributed by atoms with van der Waals surface area (Å²) < 4.78 is 0. The molecular weight excluding hydrogens is 352 g/mol. The first-order valence-corrected chi connectivity index (χ1v) is 12.3. The molecule has 2 aliphatic rings. The van der Waals surface area contributed by atoms with E-state index in [0.29, 0.717) is 6.04 Å². The normalized spacial score (nSPS) is 19.1. The molecule has 2 N–H and O–H groups in total. The Labute approximate surface area is 177 Å². The Morgan fingerprint density at radius 3 is 1.86 bits per heavy atom.